The first-order chi connectivity index (χ1) is 13.8. The minimum Gasteiger partial charge on any atom is -0.493 e. The fourth-order valence-electron chi connectivity index (χ4n) is 2.83. The number of nitrogens with zero attached hydrogens (tertiary/aromatic N) is 4. The quantitative estimate of drug-likeness (QED) is 0.426. The molecule has 2 aromatic carbocycles. The molecule has 0 atom stereocenters. The number of pyridine rings is 1. The zero-order chi connectivity index (χ0) is 19.2. The van der Waals surface area contributed by atoms with E-state index in [2.05, 4.69) is 48.7 Å². The van der Waals surface area contributed by atoms with E-state index >= 15 is 0 Å². The number of nitrogens with one attached hydrogen (secondary N) is 1. The summed E-state index contributed by atoms with van der Waals surface area (Å²) < 4.78 is 6.97. The van der Waals surface area contributed by atoms with E-state index in [1.165, 1.54) is 0 Å². The van der Waals surface area contributed by atoms with Gasteiger partial charge in [0.2, 0.25) is 0 Å². The van der Waals surface area contributed by atoms with Gasteiger partial charge in [-0.15, -0.1) is 5.10 Å². The number of ether oxygens (including phenoxy) is 1. The second-order valence-electron chi connectivity index (χ2n) is 6.24. The number of para-hydroxylation sites is 1. The van der Waals surface area contributed by atoms with Gasteiger partial charge in [0.25, 0.3) is 0 Å². The zero-order valence-electron chi connectivity index (χ0n) is 15.0. The molecule has 2 aromatic heterocycles. The molecule has 0 amide bonds. The van der Waals surface area contributed by atoms with Crippen molar-refractivity contribution in [3.63, 3.8) is 0 Å². The number of H-pyrrole nitrogens is 1. The average molecular weight is 436 g/mol. The predicted molar refractivity (Wildman–Crippen MR) is 113 cm³/mol. The summed E-state index contributed by atoms with van der Waals surface area (Å²) in [6.45, 7) is 0.591. The summed E-state index contributed by atoms with van der Waals surface area (Å²) in [5.74, 6) is 1.61. The Balaban J connectivity index is 1.44. The smallest absolute Gasteiger partial charge is 0.148 e. The Labute approximate surface area is 170 Å². The van der Waals surface area contributed by atoms with E-state index in [-0.39, 0.29) is 0 Å². The van der Waals surface area contributed by atoms with E-state index in [0.29, 0.717) is 6.61 Å². The fourth-order valence-corrected chi connectivity index (χ4v) is 3.18. The van der Waals surface area contributed by atoms with Gasteiger partial charge in [0.05, 0.1) is 17.8 Å². The number of rotatable bonds is 7. The predicted octanol–water partition coefficient (Wildman–Crippen LogP) is 4.69. The van der Waals surface area contributed by atoms with Crippen molar-refractivity contribution in [3.8, 4) is 5.75 Å². The molecule has 0 radical (unpaired) electrons. The number of fused-ring (bicyclic) bond motifs is 1. The maximum atomic E-state index is 5.95. The number of tetrazole rings is 1. The Kier molecular flexibility index (Phi) is 5.72. The van der Waals surface area contributed by atoms with Gasteiger partial charge in [-0.3, -0.25) is 0 Å². The van der Waals surface area contributed by atoms with Crippen LogP contribution in [0.15, 0.2) is 59.1 Å². The molecule has 0 saturated carbocycles. The van der Waals surface area contributed by atoms with E-state index in [1.807, 2.05) is 54.6 Å². The highest BCUT2D eigenvalue weighted by atomic mass is 79.9. The van der Waals surface area contributed by atoms with Gasteiger partial charge in [-0.05, 0) is 53.3 Å². The fraction of sp³-hybridized carbons (Fsp3) is 0.143. The average Bonchev–Trinajstić information content (AvgIpc) is 3.23. The van der Waals surface area contributed by atoms with Crippen molar-refractivity contribution in [2.75, 3.05) is 6.61 Å². The van der Waals surface area contributed by atoms with Crippen molar-refractivity contribution in [1.82, 2.24) is 25.6 Å². The van der Waals surface area contributed by atoms with Crippen molar-refractivity contribution in [1.29, 1.82) is 0 Å². The van der Waals surface area contributed by atoms with Gasteiger partial charge in [0.1, 0.15) is 11.6 Å². The summed E-state index contributed by atoms with van der Waals surface area (Å²) in [5, 5.41) is 14.9. The zero-order valence-corrected chi connectivity index (χ0v) is 16.6. The molecule has 0 aliphatic rings. The lowest BCUT2D eigenvalue weighted by Gasteiger charge is -2.08. The molecule has 0 bridgehead atoms. The molecule has 140 valence electrons. The van der Waals surface area contributed by atoms with Gasteiger partial charge in [-0.1, -0.05) is 46.3 Å². The first-order valence-electron chi connectivity index (χ1n) is 8.97. The van der Waals surface area contributed by atoms with Crippen LogP contribution >= 0.6 is 15.9 Å². The molecule has 0 fully saturated rings. The van der Waals surface area contributed by atoms with Crippen LogP contribution in [-0.2, 0) is 6.42 Å². The van der Waals surface area contributed by atoms with Gasteiger partial charge in [-0.25, -0.2) is 10.1 Å². The third-order valence-corrected chi connectivity index (χ3v) is 4.73. The third-order valence-electron chi connectivity index (χ3n) is 4.23. The largest absolute Gasteiger partial charge is 0.493 e. The highest BCUT2D eigenvalue weighted by molar-refractivity contribution is 9.10. The minimum absolute atomic E-state index is 0.591. The monoisotopic (exact) mass is 435 g/mol. The Morgan fingerprint density at radius 2 is 1.93 bits per heavy atom. The van der Waals surface area contributed by atoms with Crippen LogP contribution in [0, 0.1) is 0 Å². The summed E-state index contributed by atoms with van der Waals surface area (Å²) in [7, 11) is 0. The molecule has 0 aliphatic carbocycles. The van der Waals surface area contributed by atoms with Gasteiger partial charge in [0.15, 0.2) is 0 Å². The molecule has 28 heavy (non-hydrogen) atoms. The molecule has 2 heterocycles. The van der Waals surface area contributed by atoms with Crippen molar-refractivity contribution in [2.24, 2.45) is 0 Å². The number of aromatic nitrogens is 5. The van der Waals surface area contributed by atoms with Crippen LogP contribution < -0.4 is 4.74 Å². The highest BCUT2D eigenvalue weighted by Crippen LogP contribution is 2.22. The number of benzene rings is 2. The van der Waals surface area contributed by atoms with Crippen molar-refractivity contribution in [3.05, 3.63) is 76.2 Å². The van der Waals surface area contributed by atoms with Crippen LogP contribution in [0.5, 0.6) is 5.75 Å². The van der Waals surface area contributed by atoms with Gasteiger partial charge >= 0.3 is 0 Å². The molecule has 4 aromatic rings. The SMILES string of the molecule is Brc1ccc2ccc(/C=C/c3ccccc3OCCCc3nnn[nH]3)nc2c1. The van der Waals surface area contributed by atoms with Gasteiger partial charge in [-0.2, -0.15) is 0 Å². The molecule has 0 unspecified atom stereocenters. The lowest BCUT2D eigenvalue weighted by molar-refractivity contribution is 0.309. The molecular formula is C21H18BrN5O. The molecule has 6 nitrogen and oxygen atoms in total. The number of halogens is 1. The lowest BCUT2D eigenvalue weighted by Crippen LogP contribution is -2.01. The Morgan fingerprint density at radius 3 is 2.82 bits per heavy atom. The molecule has 0 saturated heterocycles. The summed E-state index contributed by atoms with van der Waals surface area (Å²) in [6, 6.07) is 18.2. The van der Waals surface area contributed by atoms with Crippen LogP contribution in [0.2, 0.25) is 0 Å². The van der Waals surface area contributed by atoms with Crippen LogP contribution in [0.3, 0.4) is 0 Å². The van der Waals surface area contributed by atoms with Crippen LogP contribution in [0.1, 0.15) is 23.5 Å². The Bertz CT molecular complexity index is 1100. The highest BCUT2D eigenvalue weighted by Gasteiger charge is 2.02. The minimum atomic E-state index is 0.591. The van der Waals surface area contributed by atoms with Crippen LogP contribution in [0.25, 0.3) is 23.1 Å². The van der Waals surface area contributed by atoms with Crippen LogP contribution in [0.4, 0.5) is 0 Å². The third kappa shape index (κ3) is 4.61. The molecule has 7 heteroatoms. The van der Waals surface area contributed by atoms with Crippen molar-refractivity contribution >= 4 is 39.0 Å². The van der Waals surface area contributed by atoms with E-state index in [0.717, 1.165) is 51.0 Å². The van der Waals surface area contributed by atoms with E-state index < -0.39 is 0 Å². The van der Waals surface area contributed by atoms with Gasteiger partial charge in [0, 0.05) is 21.8 Å². The number of aryl methyl sites for hydroxylation is 1. The second kappa shape index (κ2) is 8.75. The van der Waals surface area contributed by atoms with Crippen molar-refractivity contribution < 1.29 is 4.74 Å². The number of hydrogen-bond acceptors (Lipinski definition) is 5. The Hall–Kier alpha value is -3.06. The number of aromatic amines is 1. The van der Waals surface area contributed by atoms with Crippen LogP contribution in [-0.4, -0.2) is 32.2 Å². The summed E-state index contributed by atoms with van der Waals surface area (Å²) in [5.41, 5.74) is 2.88. The molecule has 1 N–H and O–H groups in total. The van der Waals surface area contributed by atoms with E-state index in [4.69, 9.17) is 9.72 Å². The van der Waals surface area contributed by atoms with Gasteiger partial charge < -0.3 is 4.74 Å². The van der Waals surface area contributed by atoms with Crippen molar-refractivity contribution in [2.45, 2.75) is 12.8 Å². The number of hydrogen-bond donors (Lipinski definition) is 1. The second-order valence-corrected chi connectivity index (χ2v) is 7.16. The topological polar surface area (TPSA) is 76.6 Å². The van der Waals surface area contributed by atoms with E-state index in [1.54, 1.807) is 0 Å². The summed E-state index contributed by atoms with van der Waals surface area (Å²) >= 11 is 3.50. The Morgan fingerprint density at radius 1 is 1.04 bits per heavy atom. The van der Waals surface area contributed by atoms with E-state index in [9.17, 15) is 0 Å². The lowest BCUT2D eigenvalue weighted by atomic mass is 10.1. The first-order valence-corrected chi connectivity index (χ1v) is 9.76. The molecule has 4 rings (SSSR count). The normalized spacial score (nSPS) is 11.3. The summed E-state index contributed by atoms with van der Waals surface area (Å²) in [6.07, 6.45) is 5.61. The molecule has 0 aliphatic heterocycles. The summed E-state index contributed by atoms with van der Waals surface area (Å²) in [4.78, 5) is 4.70. The molecular weight excluding hydrogens is 418 g/mol. The molecule has 0 spiro atoms. The first kappa shape index (κ1) is 18.3. The maximum absolute atomic E-state index is 5.95. The standard InChI is InChI=1S/C21H18BrN5O/c22-17-10-7-15-8-11-18(23-19(15)14-17)12-9-16-4-1-2-5-20(16)28-13-3-6-21-24-26-27-25-21/h1-2,4-5,7-12,14H,3,6,13H2,(H,24,25,26,27)/b12-9+. The maximum Gasteiger partial charge on any atom is 0.148 e.